The zero-order chi connectivity index (χ0) is 13.7. The summed E-state index contributed by atoms with van der Waals surface area (Å²) in [5.41, 5.74) is 2.34. The predicted molar refractivity (Wildman–Crippen MR) is 83.3 cm³/mol. The van der Waals surface area contributed by atoms with Crippen LogP contribution in [0, 0.1) is 18.8 Å². The fourth-order valence-corrected chi connectivity index (χ4v) is 2.45. The summed E-state index contributed by atoms with van der Waals surface area (Å²) in [6.07, 6.45) is 0.743. The molecule has 0 unspecified atom stereocenters. The van der Waals surface area contributed by atoms with Crippen molar-refractivity contribution < 1.29 is 4.79 Å². The molecular weight excluding hydrogens is 252 g/mol. The highest BCUT2D eigenvalue weighted by molar-refractivity contribution is 8.13. The second-order valence-electron chi connectivity index (χ2n) is 4.37. The lowest BCUT2D eigenvalue weighted by molar-refractivity contribution is -0.109. The fourth-order valence-electron chi connectivity index (χ4n) is 1.96. The summed E-state index contributed by atoms with van der Waals surface area (Å²) in [6.45, 7) is 3.70. The summed E-state index contributed by atoms with van der Waals surface area (Å²) < 4.78 is 0. The molecule has 0 atom stereocenters. The van der Waals surface area contributed by atoms with Gasteiger partial charge in [0.1, 0.15) is 0 Å². The summed E-state index contributed by atoms with van der Waals surface area (Å²) in [7, 11) is 0. The molecule has 0 saturated carbocycles. The van der Waals surface area contributed by atoms with Crippen LogP contribution in [0.4, 0.5) is 0 Å². The Labute approximate surface area is 118 Å². The first-order valence-electron chi connectivity index (χ1n) is 6.29. The average Bonchev–Trinajstić information content (AvgIpc) is 2.41. The van der Waals surface area contributed by atoms with Crippen LogP contribution in [0.15, 0.2) is 36.4 Å². The van der Waals surface area contributed by atoms with Gasteiger partial charge in [-0.3, -0.25) is 4.79 Å². The molecule has 0 amide bonds. The number of rotatable bonds is 2. The highest BCUT2D eigenvalue weighted by atomic mass is 32.2. The minimum atomic E-state index is 0.155. The summed E-state index contributed by atoms with van der Waals surface area (Å²) in [5.74, 6) is 7.13. The number of carbonyl (C=O) groups is 1. The molecule has 2 aromatic carbocycles. The molecule has 2 aromatic rings. The summed E-state index contributed by atoms with van der Waals surface area (Å²) in [6, 6.07) is 12.5. The van der Waals surface area contributed by atoms with Gasteiger partial charge < -0.3 is 0 Å². The first-order chi connectivity index (χ1) is 9.18. The van der Waals surface area contributed by atoms with Crippen LogP contribution in [0.25, 0.3) is 10.8 Å². The third kappa shape index (κ3) is 3.62. The fraction of sp³-hybridized carbons (Fsp3) is 0.235. The largest absolute Gasteiger partial charge is 0.288 e. The highest BCUT2D eigenvalue weighted by Gasteiger charge is 2.00. The molecule has 1 nitrogen and oxygen atoms in total. The Kier molecular flexibility index (Phi) is 4.65. The van der Waals surface area contributed by atoms with Crippen LogP contribution in [0.5, 0.6) is 0 Å². The van der Waals surface area contributed by atoms with Crippen LogP contribution in [0.3, 0.4) is 0 Å². The maximum absolute atomic E-state index is 10.8. The Morgan fingerprint density at radius 2 is 1.89 bits per heavy atom. The first kappa shape index (κ1) is 13.7. The van der Waals surface area contributed by atoms with Gasteiger partial charge in [-0.2, -0.15) is 0 Å². The van der Waals surface area contributed by atoms with Crippen LogP contribution >= 0.6 is 11.8 Å². The van der Waals surface area contributed by atoms with E-state index in [1.807, 2.05) is 6.07 Å². The van der Waals surface area contributed by atoms with E-state index in [0.29, 0.717) is 0 Å². The zero-order valence-corrected chi connectivity index (χ0v) is 12.0. The molecule has 2 rings (SSSR count). The molecular formula is C17H16OS. The number of hydrogen-bond acceptors (Lipinski definition) is 2. The lowest BCUT2D eigenvalue weighted by Gasteiger charge is -2.03. The maximum atomic E-state index is 10.8. The highest BCUT2D eigenvalue weighted by Crippen LogP contribution is 2.21. The van der Waals surface area contributed by atoms with Gasteiger partial charge in [-0.05, 0) is 29.3 Å². The molecule has 2 heteroatoms. The van der Waals surface area contributed by atoms with Crippen LogP contribution in [0.1, 0.15) is 24.5 Å². The Balaban J connectivity index is 2.20. The number of hydrogen-bond donors (Lipinski definition) is 0. The SMILES string of the molecule is CC(=O)SCCC#Cc1ccc(C)c2ccccc12. The predicted octanol–water partition coefficient (Wildman–Crippen LogP) is 4.17. The van der Waals surface area contributed by atoms with E-state index in [9.17, 15) is 4.79 Å². The van der Waals surface area contributed by atoms with Gasteiger partial charge in [-0.1, -0.05) is 53.9 Å². The van der Waals surface area contributed by atoms with E-state index in [-0.39, 0.29) is 5.12 Å². The van der Waals surface area contributed by atoms with Crippen LogP contribution in [-0.4, -0.2) is 10.9 Å². The topological polar surface area (TPSA) is 17.1 Å². The van der Waals surface area contributed by atoms with Gasteiger partial charge in [0.05, 0.1) is 0 Å². The third-order valence-electron chi connectivity index (χ3n) is 2.90. The summed E-state index contributed by atoms with van der Waals surface area (Å²) in [5, 5.41) is 2.62. The molecule has 0 aliphatic heterocycles. The molecule has 0 heterocycles. The minimum Gasteiger partial charge on any atom is -0.288 e. The van der Waals surface area contributed by atoms with E-state index in [1.165, 1.54) is 28.1 Å². The Morgan fingerprint density at radius 1 is 1.16 bits per heavy atom. The molecule has 0 saturated heterocycles. The lowest BCUT2D eigenvalue weighted by Crippen LogP contribution is -1.85. The van der Waals surface area contributed by atoms with Gasteiger partial charge in [0.2, 0.25) is 0 Å². The molecule has 0 radical (unpaired) electrons. The molecule has 0 aliphatic carbocycles. The smallest absolute Gasteiger partial charge is 0.185 e. The van der Waals surface area contributed by atoms with Gasteiger partial charge in [0.15, 0.2) is 5.12 Å². The van der Waals surface area contributed by atoms with E-state index in [4.69, 9.17) is 0 Å². The van der Waals surface area contributed by atoms with E-state index < -0.39 is 0 Å². The van der Waals surface area contributed by atoms with Crippen molar-refractivity contribution in [2.24, 2.45) is 0 Å². The van der Waals surface area contributed by atoms with Gasteiger partial charge in [0.25, 0.3) is 0 Å². The molecule has 0 N–H and O–H groups in total. The Hall–Kier alpha value is -1.72. The zero-order valence-electron chi connectivity index (χ0n) is 11.2. The van der Waals surface area contributed by atoms with E-state index in [1.54, 1.807) is 6.92 Å². The van der Waals surface area contributed by atoms with Crippen LogP contribution < -0.4 is 0 Å². The molecule has 0 spiro atoms. The quantitative estimate of drug-likeness (QED) is 0.600. The van der Waals surface area contributed by atoms with Crippen molar-refractivity contribution in [1.29, 1.82) is 0 Å². The van der Waals surface area contributed by atoms with Crippen molar-refractivity contribution in [2.45, 2.75) is 20.3 Å². The second kappa shape index (κ2) is 6.45. The monoisotopic (exact) mass is 268 g/mol. The number of benzene rings is 2. The standard InChI is InChI=1S/C17H16OS/c1-13-10-11-15(7-5-6-12-19-14(2)18)17-9-4-3-8-16(13)17/h3-4,8-11H,6,12H2,1-2H3. The van der Waals surface area contributed by atoms with Crippen LogP contribution in [0.2, 0.25) is 0 Å². The molecule has 0 bridgehead atoms. The molecule has 0 fully saturated rings. The molecule has 96 valence electrons. The van der Waals surface area contributed by atoms with Gasteiger partial charge in [0, 0.05) is 24.7 Å². The normalized spacial score (nSPS) is 10.0. The minimum absolute atomic E-state index is 0.155. The van der Waals surface area contributed by atoms with Crippen molar-refractivity contribution in [3.63, 3.8) is 0 Å². The maximum Gasteiger partial charge on any atom is 0.185 e. The van der Waals surface area contributed by atoms with E-state index in [0.717, 1.165) is 17.7 Å². The van der Waals surface area contributed by atoms with Gasteiger partial charge in [-0.25, -0.2) is 0 Å². The number of thioether (sulfide) groups is 1. The molecule has 0 aromatic heterocycles. The number of aryl methyl sites for hydroxylation is 1. The Bertz CT molecular complexity index is 662. The number of fused-ring (bicyclic) bond motifs is 1. The summed E-state index contributed by atoms with van der Waals surface area (Å²) in [4.78, 5) is 10.8. The van der Waals surface area contributed by atoms with E-state index >= 15 is 0 Å². The second-order valence-corrected chi connectivity index (χ2v) is 5.64. The Morgan fingerprint density at radius 3 is 2.63 bits per heavy atom. The van der Waals surface area contributed by atoms with E-state index in [2.05, 4.69) is 49.1 Å². The lowest BCUT2D eigenvalue weighted by atomic mass is 10.0. The molecule has 0 aliphatic rings. The first-order valence-corrected chi connectivity index (χ1v) is 7.27. The molecule has 19 heavy (non-hydrogen) atoms. The summed E-state index contributed by atoms with van der Waals surface area (Å²) >= 11 is 1.33. The third-order valence-corrected chi connectivity index (χ3v) is 3.71. The van der Waals surface area contributed by atoms with Crippen molar-refractivity contribution in [3.05, 3.63) is 47.5 Å². The van der Waals surface area contributed by atoms with Crippen molar-refractivity contribution >= 4 is 27.6 Å². The van der Waals surface area contributed by atoms with Gasteiger partial charge >= 0.3 is 0 Å². The number of carbonyl (C=O) groups excluding carboxylic acids is 1. The van der Waals surface area contributed by atoms with Crippen molar-refractivity contribution in [2.75, 3.05) is 5.75 Å². The average molecular weight is 268 g/mol. The van der Waals surface area contributed by atoms with Gasteiger partial charge in [-0.15, -0.1) is 0 Å². The van der Waals surface area contributed by atoms with Crippen molar-refractivity contribution in [1.82, 2.24) is 0 Å². The van der Waals surface area contributed by atoms with Crippen LogP contribution in [-0.2, 0) is 4.79 Å². The van der Waals surface area contributed by atoms with Crippen molar-refractivity contribution in [3.8, 4) is 11.8 Å².